The van der Waals surface area contributed by atoms with E-state index in [1.807, 2.05) is 49.1 Å². The number of ether oxygens (including phenoxy) is 1. The summed E-state index contributed by atoms with van der Waals surface area (Å²) >= 11 is 0. The van der Waals surface area contributed by atoms with E-state index in [0.717, 1.165) is 11.1 Å². The molecule has 35 heavy (non-hydrogen) atoms. The Hall–Kier alpha value is -2.75. The van der Waals surface area contributed by atoms with Gasteiger partial charge < -0.3 is 14.6 Å². The van der Waals surface area contributed by atoms with Crippen molar-refractivity contribution in [2.75, 3.05) is 13.1 Å². The summed E-state index contributed by atoms with van der Waals surface area (Å²) in [6, 6.07) is 14.5. The van der Waals surface area contributed by atoms with Crippen LogP contribution in [0, 0.1) is 5.92 Å². The number of fused-ring (bicyclic) bond motifs is 1. The molecule has 2 N–H and O–H groups in total. The van der Waals surface area contributed by atoms with Crippen LogP contribution in [0.25, 0.3) is 22.4 Å². The van der Waals surface area contributed by atoms with E-state index in [2.05, 4.69) is 14.7 Å². The van der Waals surface area contributed by atoms with Crippen molar-refractivity contribution in [2.45, 2.75) is 62.7 Å². The fourth-order valence-electron chi connectivity index (χ4n) is 5.25. The second-order valence-corrected chi connectivity index (χ2v) is 11.5. The molecular formula is C26H32N4O4S. The van der Waals surface area contributed by atoms with Gasteiger partial charge in [-0.05, 0) is 57.7 Å². The lowest BCUT2D eigenvalue weighted by atomic mass is 9.85. The van der Waals surface area contributed by atoms with Gasteiger partial charge in [0.25, 0.3) is 0 Å². The second kappa shape index (κ2) is 9.72. The summed E-state index contributed by atoms with van der Waals surface area (Å²) in [5.41, 5.74) is 2.34. The number of sulfonamides is 1. The SMILES string of the molecule is C[C@@H]1CN(C(=O)[C@H]2CC[C@H](NS(=O)(=O)c3ccc4[nH]c(-c5ccccc5)nc4c3)CC2)C[C@H](C)O1. The van der Waals surface area contributed by atoms with Crippen LogP contribution in [-0.2, 0) is 19.6 Å². The minimum atomic E-state index is -3.70. The third-order valence-electron chi connectivity index (χ3n) is 6.94. The van der Waals surface area contributed by atoms with Crippen molar-refractivity contribution < 1.29 is 17.9 Å². The lowest BCUT2D eigenvalue weighted by molar-refractivity contribution is -0.148. The van der Waals surface area contributed by atoms with Gasteiger partial charge in [-0.2, -0.15) is 0 Å². The van der Waals surface area contributed by atoms with Crippen LogP contribution in [0.4, 0.5) is 0 Å². The van der Waals surface area contributed by atoms with Crippen LogP contribution in [0.5, 0.6) is 0 Å². The molecule has 0 spiro atoms. The third kappa shape index (κ3) is 5.27. The van der Waals surface area contributed by atoms with Gasteiger partial charge in [0.2, 0.25) is 15.9 Å². The Morgan fingerprint density at radius 3 is 2.40 bits per heavy atom. The van der Waals surface area contributed by atoms with Gasteiger partial charge in [-0.25, -0.2) is 18.1 Å². The molecular weight excluding hydrogens is 464 g/mol. The number of morpholine rings is 1. The molecule has 1 amide bonds. The van der Waals surface area contributed by atoms with Crippen molar-refractivity contribution in [2.24, 2.45) is 5.92 Å². The number of amides is 1. The van der Waals surface area contributed by atoms with Gasteiger partial charge in [0.05, 0.1) is 28.1 Å². The zero-order valence-electron chi connectivity index (χ0n) is 20.1. The molecule has 1 aromatic heterocycles. The smallest absolute Gasteiger partial charge is 0.240 e. The normalized spacial score (nSPS) is 25.6. The lowest BCUT2D eigenvalue weighted by Gasteiger charge is -2.38. The van der Waals surface area contributed by atoms with Gasteiger partial charge in [-0.3, -0.25) is 4.79 Å². The van der Waals surface area contributed by atoms with Gasteiger partial charge in [-0.1, -0.05) is 30.3 Å². The Bertz CT molecular complexity index is 1290. The average Bonchev–Trinajstić information content (AvgIpc) is 3.27. The molecule has 0 radical (unpaired) electrons. The van der Waals surface area contributed by atoms with Gasteiger partial charge >= 0.3 is 0 Å². The van der Waals surface area contributed by atoms with Gasteiger partial charge in [0.1, 0.15) is 5.82 Å². The average molecular weight is 497 g/mol. The van der Waals surface area contributed by atoms with Crippen LogP contribution in [-0.4, -0.2) is 60.5 Å². The molecule has 3 aromatic rings. The van der Waals surface area contributed by atoms with Crippen LogP contribution in [0.15, 0.2) is 53.4 Å². The van der Waals surface area contributed by atoms with E-state index in [4.69, 9.17) is 4.74 Å². The zero-order chi connectivity index (χ0) is 24.6. The van der Waals surface area contributed by atoms with Crippen LogP contribution < -0.4 is 4.72 Å². The monoisotopic (exact) mass is 496 g/mol. The molecule has 5 rings (SSSR count). The van der Waals surface area contributed by atoms with Crippen LogP contribution in [0.2, 0.25) is 0 Å². The number of carbonyl (C=O) groups is 1. The second-order valence-electron chi connectivity index (χ2n) is 9.80. The molecule has 9 heteroatoms. The Morgan fingerprint density at radius 1 is 1.03 bits per heavy atom. The van der Waals surface area contributed by atoms with E-state index in [-0.39, 0.29) is 35.0 Å². The number of aromatic nitrogens is 2. The van der Waals surface area contributed by atoms with E-state index in [9.17, 15) is 13.2 Å². The maximum Gasteiger partial charge on any atom is 0.240 e. The third-order valence-corrected chi connectivity index (χ3v) is 8.46. The minimum Gasteiger partial charge on any atom is -0.372 e. The molecule has 8 nitrogen and oxygen atoms in total. The maximum atomic E-state index is 13.1. The number of benzene rings is 2. The van der Waals surface area contributed by atoms with Crippen molar-refractivity contribution in [1.29, 1.82) is 0 Å². The van der Waals surface area contributed by atoms with E-state index in [1.165, 1.54) is 0 Å². The molecule has 1 saturated carbocycles. The summed E-state index contributed by atoms with van der Waals surface area (Å²) in [7, 11) is -3.70. The van der Waals surface area contributed by atoms with Crippen molar-refractivity contribution in [3.05, 3.63) is 48.5 Å². The number of rotatable bonds is 5. The van der Waals surface area contributed by atoms with Gasteiger partial charge in [0.15, 0.2) is 0 Å². The number of nitrogens with zero attached hydrogens (tertiary/aromatic N) is 2. The number of hydrogen-bond donors (Lipinski definition) is 2. The number of aromatic amines is 1. The molecule has 0 bridgehead atoms. The number of imidazole rings is 1. The minimum absolute atomic E-state index is 0.0430. The van der Waals surface area contributed by atoms with Gasteiger partial charge in [0, 0.05) is 30.6 Å². The summed E-state index contributed by atoms with van der Waals surface area (Å²) in [5.74, 6) is 0.826. The first-order valence-electron chi connectivity index (χ1n) is 12.3. The zero-order valence-corrected chi connectivity index (χ0v) is 20.9. The lowest BCUT2D eigenvalue weighted by Crippen LogP contribution is -2.51. The van der Waals surface area contributed by atoms with Crippen LogP contribution >= 0.6 is 0 Å². The van der Waals surface area contributed by atoms with E-state index >= 15 is 0 Å². The molecule has 186 valence electrons. The highest BCUT2D eigenvalue weighted by molar-refractivity contribution is 7.89. The molecule has 2 fully saturated rings. The largest absolute Gasteiger partial charge is 0.372 e. The first kappa shape index (κ1) is 24.0. The summed E-state index contributed by atoms with van der Waals surface area (Å²) in [6.45, 7) is 5.23. The van der Waals surface area contributed by atoms with E-state index in [1.54, 1.807) is 18.2 Å². The Balaban J connectivity index is 1.22. The molecule has 2 heterocycles. The van der Waals surface area contributed by atoms with Crippen molar-refractivity contribution in [3.8, 4) is 11.4 Å². The standard InChI is InChI=1S/C26H32N4O4S/c1-17-15-30(16-18(2)34-17)26(31)20-8-10-21(11-9-20)29-35(32,33)22-12-13-23-24(14-22)28-25(27-23)19-6-4-3-5-7-19/h3-7,12-14,17-18,20-21,29H,8-11,15-16H2,1-2H3,(H,27,28)/t17-,18+,20-,21-. The highest BCUT2D eigenvalue weighted by Gasteiger charge is 2.34. The van der Waals surface area contributed by atoms with E-state index in [0.29, 0.717) is 50.1 Å². The van der Waals surface area contributed by atoms with Crippen LogP contribution in [0.3, 0.4) is 0 Å². The molecule has 0 unspecified atom stereocenters. The van der Waals surface area contributed by atoms with Crippen molar-refractivity contribution in [3.63, 3.8) is 0 Å². The molecule has 2 atom stereocenters. The fraction of sp³-hybridized carbons (Fsp3) is 0.462. The van der Waals surface area contributed by atoms with Crippen molar-refractivity contribution in [1.82, 2.24) is 19.6 Å². The Labute approximate surface area is 206 Å². The molecule has 2 aromatic carbocycles. The number of carbonyl (C=O) groups excluding carboxylic acids is 1. The summed E-state index contributed by atoms with van der Waals surface area (Å²) in [6.07, 6.45) is 2.75. The van der Waals surface area contributed by atoms with Crippen molar-refractivity contribution >= 4 is 27.0 Å². The first-order chi connectivity index (χ1) is 16.8. The summed E-state index contributed by atoms with van der Waals surface area (Å²) < 4.78 is 34.8. The fourth-order valence-corrected chi connectivity index (χ4v) is 6.57. The van der Waals surface area contributed by atoms with Crippen LogP contribution in [0.1, 0.15) is 39.5 Å². The quantitative estimate of drug-likeness (QED) is 0.561. The first-order valence-corrected chi connectivity index (χ1v) is 13.8. The maximum absolute atomic E-state index is 13.1. The molecule has 1 aliphatic carbocycles. The summed E-state index contributed by atoms with van der Waals surface area (Å²) in [5, 5.41) is 0. The number of nitrogens with one attached hydrogen (secondary N) is 2. The highest BCUT2D eigenvalue weighted by atomic mass is 32.2. The molecule has 2 aliphatic rings. The highest BCUT2D eigenvalue weighted by Crippen LogP contribution is 2.29. The predicted octanol–water partition coefficient (Wildman–Crippen LogP) is 3.70. The molecule has 1 aliphatic heterocycles. The number of hydrogen-bond acceptors (Lipinski definition) is 5. The Morgan fingerprint density at radius 2 is 1.71 bits per heavy atom. The topological polar surface area (TPSA) is 104 Å². The molecule has 1 saturated heterocycles. The number of H-pyrrole nitrogens is 1. The predicted molar refractivity (Wildman–Crippen MR) is 134 cm³/mol. The van der Waals surface area contributed by atoms with E-state index < -0.39 is 10.0 Å². The van der Waals surface area contributed by atoms with Gasteiger partial charge in [-0.15, -0.1) is 0 Å². The Kier molecular flexibility index (Phi) is 6.65. The summed E-state index contributed by atoms with van der Waals surface area (Å²) in [4.78, 5) is 23.0.